The van der Waals surface area contributed by atoms with Crippen molar-refractivity contribution in [3.8, 4) is 0 Å². The van der Waals surface area contributed by atoms with E-state index < -0.39 is 4.51 Å². The van der Waals surface area contributed by atoms with E-state index in [1.54, 1.807) is 12.2 Å². The Labute approximate surface area is 75.5 Å². The number of aliphatic hydroxyl groups is 2. The number of allylic oxidation sites excluding steroid dienone is 2. The minimum absolute atomic E-state index is 0.155. The predicted molar refractivity (Wildman–Crippen MR) is 46.2 cm³/mol. The summed E-state index contributed by atoms with van der Waals surface area (Å²) in [5.74, 6) is 0.155. The first-order valence-electron chi connectivity index (χ1n) is 2.69. The molecule has 0 fully saturated rings. The zero-order chi connectivity index (χ0) is 7.78. The van der Waals surface area contributed by atoms with Crippen molar-refractivity contribution >= 4 is 31.9 Å². The lowest BCUT2D eigenvalue weighted by molar-refractivity contribution is 0.174. The van der Waals surface area contributed by atoms with Crippen molar-refractivity contribution in [3.05, 3.63) is 22.4 Å². The number of alkyl halides is 1. The van der Waals surface area contributed by atoms with Gasteiger partial charge in [-0.2, -0.15) is 0 Å². The van der Waals surface area contributed by atoms with Crippen LogP contribution in [0.2, 0.25) is 0 Å². The third kappa shape index (κ3) is 1.84. The molecular weight excluding hydrogens is 264 g/mol. The van der Waals surface area contributed by atoms with E-state index in [9.17, 15) is 5.11 Å². The molecule has 0 amide bonds. The van der Waals surface area contributed by atoms with E-state index >= 15 is 0 Å². The minimum Gasteiger partial charge on any atom is -0.511 e. The average Bonchev–Trinajstić information content (AvgIpc) is 1.79. The average molecular weight is 270 g/mol. The molecule has 0 saturated heterocycles. The molecule has 4 heteroatoms. The molecular formula is C6H6Br2O2. The van der Waals surface area contributed by atoms with Crippen molar-refractivity contribution in [2.24, 2.45) is 0 Å². The third-order valence-corrected chi connectivity index (χ3v) is 2.44. The Kier molecular flexibility index (Phi) is 2.22. The first-order chi connectivity index (χ1) is 4.51. The summed E-state index contributed by atoms with van der Waals surface area (Å²) < 4.78 is -0.453. The molecule has 0 saturated carbocycles. The van der Waals surface area contributed by atoms with E-state index in [0.717, 1.165) is 0 Å². The standard InChI is InChI=1S/C6H6Br2O2/c7-4-1-2-6(8,10)3-5(4)9/h1-2,9-10H,3H2. The summed E-state index contributed by atoms with van der Waals surface area (Å²) in [6.45, 7) is 0. The second kappa shape index (κ2) is 2.68. The fourth-order valence-electron chi connectivity index (χ4n) is 0.675. The zero-order valence-corrected chi connectivity index (χ0v) is 8.18. The molecule has 0 spiro atoms. The molecule has 56 valence electrons. The SMILES string of the molecule is OC1=C(Br)C=CC(O)(Br)C1. The Balaban J connectivity index is 2.85. The number of aliphatic hydroxyl groups excluding tert-OH is 1. The second-order valence-corrected chi connectivity index (χ2v) is 4.35. The fraction of sp³-hybridized carbons (Fsp3) is 0.333. The molecule has 2 N–H and O–H groups in total. The molecule has 0 radical (unpaired) electrons. The van der Waals surface area contributed by atoms with Gasteiger partial charge in [0.2, 0.25) is 0 Å². The first-order valence-corrected chi connectivity index (χ1v) is 4.28. The van der Waals surface area contributed by atoms with Crippen LogP contribution >= 0.6 is 31.9 Å². The number of halogens is 2. The van der Waals surface area contributed by atoms with Crippen LogP contribution in [-0.2, 0) is 0 Å². The van der Waals surface area contributed by atoms with E-state index in [-0.39, 0.29) is 12.2 Å². The molecule has 10 heavy (non-hydrogen) atoms. The van der Waals surface area contributed by atoms with E-state index in [1.807, 2.05) is 0 Å². The van der Waals surface area contributed by atoms with E-state index in [0.29, 0.717) is 4.48 Å². The van der Waals surface area contributed by atoms with Crippen LogP contribution in [-0.4, -0.2) is 14.7 Å². The smallest absolute Gasteiger partial charge is 0.145 e. The number of hydrogen-bond acceptors (Lipinski definition) is 2. The van der Waals surface area contributed by atoms with Gasteiger partial charge in [0.25, 0.3) is 0 Å². The Bertz CT molecular complexity index is 206. The maximum atomic E-state index is 9.28. The van der Waals surface area contributed by atoms with Crippen molar-refractivity contribution in [2.75, 3.05) is 0 Å². The van der Waals surface area contributed by atoms with Gasteiger partial charge in [-0.05, 0) is 44.0 Å². The van der Waals surface area contributed by atoms with Gasteiger partial charge in [-0.1, -0.05) is 0 Å². The van der Waals surface area contributed by atoms with Crippen molar-refractivity contribution < 1.29 is 10.2 Å². The summed E-state index contributed by atoms with van der Waals surface area (Å²) in [4.78, 5) is 0. The predicted octanol–water partition coefficient (Wildman–Crippen LogP) is 2.19. The monoisotopic (exact) mass is 268 g/mol. The van der Waals surface area contributed by atoms with Gasteiger partial charge in [-0.25, -0.2) is 0 Å². The van der Waals surface area contributed by atoms with Crippen molar-refractivity contribution in [1.82, 2.24) is 0 Å². The molecule has 0 aromatic carbocycles. The van der Waals surface area contributed by atoms with Crippen molar-refractivity contribution in [3.63, 3.8) is 0 Å². The highest BCUT2D eigenvalue weighted by molar-refractivity contribution is 9.12. The largest absolute Gasteiger partial charge is 0.511 e. The van der Waals surface area contributed by atoms with Gasteiger partial charge >= 0.3 is 0 Å². The van der Waals surface area contributed by atoms with Crippen LogP contribution < -0.4 is 0 Å². The van der Waals surface area contributed by atoms with Gasteiger partial charge in [0.15, 0.2) is 0 Å². The van der Waals surface area contributed by atoms with Gasteiger partial charge in [0, 0.05) is 6.42 Å². The molecule has 2 nitrogen and oxygen atoms in total. The van der Waals surface area contributed by atoms with Crippen LogP contribution in [0.1, 0.15) is 6.42 Å². The first kappa shape index (κ1) is 8.30. The van der Waals surface area contributed by atoms with Crippen LogP contribution in [0.25, 0.3) is 0 Å². The zero-order valence-electron chi connectivity index (χ0n) is 5.01. The minimum atomic E-state index is -1.08. The summed E-state index contributed by atoms with van der Waals surface area (Å²) in [5, 5.41) is 18.4. The van der Waals surface area contributed by atoms with Gasteiger partial charge in [0.05, 0.1) is 4.48 Å². The van der Waals surface area contributed by atoms with E-state index in [4.69, 9.17) is 5.11 Å². The molecule has 0 aromatic heterocycles. The molecule has 0 heterocycles. The van der Waals surface area contributed by atoms with Crippen molar-refractivity contribution in [1.29, 1.82) is 0 Å². The molecule has 1 aliphatic rings. The van der Waals surface area contributed by atoms with Gasteiger partial charge in [-0.15, -0.1) is 0 Å². The lowest BCUT2D eigenvalue weighted by Crippen LogP contribution is -2.19. The number of rotatable bonds is 0. The van der Waals surface area contributed by atoms with Crippen LogP contribution in [0.4, 0.5) is 0 Å². The molecule has 0 bridgehead atoms. The fourth-order valence-corrected chi connectivity index (χ4v) is 1.35. The molecule has 1 aliphatic carbocycles. The summed E-state index contributed by atoms with van der Waals surface area (Å²) in [7, 11) is 0. The lowest BCUT2D eigenvalue weighted by Gasteiger charge is -2.19. The highest BCUT2D eigenvalue weighted by Gasteiger charge is 2.25. The second-order valence-electron chi connectivity index (χ2n) is 2.12. The Morgan fingerprint density at radius 3 is 2.60 bits per heavy atom. The molecule has 1 rings (SSSR count). The molecule has 1 unspecified atom stereocenters. The quantitative estimate of drug-likeness (QED) is 0.662. The maximum absolute atomic E-state index is 9.28. The topological polar surface area (TPSA) is 40.5 Å². The van der Waals surface area contributed by atoms with E-state index in [2.05, 4.69) is 31.9 Å². The van der Waals surface area contributed by atoms with Gasteiger partial charge in [0.1, 0.15) is 10.3 Å². The summed E-state index contributed by atoms with van der Waals surface area (Å²) in [6, 6.07) is 0. The molecule has 1 atom stereocenters. The van der Waals surface area contributed by atoms with Crippen LogP contribution in [0.3, 0.4) is 0 Å². The lowest BCUT2D eigenvalue weighted by atomic mass is 10.1. The van der Waals surface area contributed by atoms with Crippen LogP contribution in [0, 0.1) is 0 Å². The Morgan fingerprint density at radius 2 is 2.20 bits per heavy atom. The summed E-state index contributed by atoms with van der Waals surface area (Å²) in [5.41, 5.74) is 0. The summed E-state index contributed by atoms with van der Waals surface area (Å²) >= 11 is 6.13. The Hall–Kier alpha value is 0.200. The van der Waals surface area contributed by atoms with Crippen molar-refractivity contribution in [2.45, 2.75) is 10.9 Å². The van der Waals surface area contributed by atoms with Gasteiger partial charge < -0.3 is 10.2 Å². The Morgan fingerprint density at radius 1 is 1.60 bits per heavy atom. The van der Waals surface area contributed by atoms with Crippen LogP contribution in [0.5, 0.6) is 0 Å². The molecule has 0 aromatic rings. The highest BCUT2D eigenvalue weighted by atomic mass is 79.9. The van der Waals surface area contributed by atoms with E-state index in [1.165, 1.54) is 0 Å². The van der Waals surface area contributed by atoms with Gasteiger partial charge in [-0.3, -0.25) is 0 Å². The highest BCUT2D eigenvalue weighted by Crippen LogP contribution is 2.32. The normalized spacial score (nSPS) is 33.1. The number of hydrogen-bond donors (Lipinski definition) is 2. The maximum Gasteiger partial charge on any atom is 0.145 e. The van der Waals surface area contributed by atoms with Crippen LogP contribution in [0.15, 0.2) is 22.4 Å². The third-order valence-electron chi connectivity index (χ3n) is 1.18. The summed E-state index contributed by atoms with van der Waals surface area (Å²) in [6.07, 6.45) is 3.37. The molecule has 0 aliphatic heterocycles.